The van der Waals surface area contributed by atoms with Gasteiger partial charge in [0.15, 0.2) is 0 Å². The third-order valence-electron chi connectivity index (χ3n) is 4.11. The third kappa shape index (κ3) is 2.39. The van der Waals surface area contributed by atoms with E-state index >= 15 is 0 Å². The summed E-state index contributed by atoms with van der Waals surface area (Å²) in [5.74, 6) is 0.729. The van der Waals surface area contributed by atoms with Crippen LogP contribution in [0.25, 0.3) is 10.9 Å². The van der Waals surface area contributed by atoms with Crippen LogP contribution in [0.2, 0.25) is 0 Å². The van der Waals surface area contributed by atoms with Gasteiger partial charge >= 0.3 is 0 Å². The van der Waals surface area contributed by atoms with Crippen molar-refractivity contribution < 1.29 is 4.74 Å². The lowest BCUT2D eigenvalue weighted by molar-refractivity contribution is 0.417. The minimum Gasteiger partial charge on any atom is -0.495 e. The largest absolute Gasteiger partial charge is 0.495 e. The summed E-state index contributed by atoms with van der Waals surface area (Å²) in [6.45, 7) is 4.57. The Kier molecular flexibility index (Phi) is 3.72. The summed E-state index contributed by atoms with van der Waals surface area (Å²) in [5, 5.41) is 1.05. The zero-order valence-corrected chi connectivity index (χ0v) is 13.1. The Bertz CT molecular complexity index is 894. The Labute approximate surface area is 129 Å². The maximum atomic E-state index is 12.5. The molecule has 0 unspecified atom stereocenters. The first kappa shape index (κ1) is 14.4. The second-order valence-corrected chi connectivity index (χ2v) is 5.53. The van der Waals surface area contributed by atoms with Crippen molar-refractivity contribution in [3.05, 3.63) is 75.6 Å². The van der Waals surface area contributed by atoms with Crippen LogP contribution in [0.5, 0.6) is 5.75 Å². The second-order valence-electron chi connectivity index (χ2n) is 5.53. The smallest absolute Gasteiger partial charge is 0.251 e. The number of ether oxygens (including phenoxy) is 1. The van der Waals surface area contributed by atoms with E-state index in [-0.39, 0.29) is 5.56 Å². The van der Waals surface area contributed by atoms with Gasteiger partial charge in [-0.05, 0) is 36.6 Å². The monoisotopic (exact) mass is 293 g/mol. The predicted molar refractivity (Wildman–Crippen MR) is 89.8 cm³/mol. The molecule has 0 aliphatic heterocycles. The maximum absolute atomic E-state index is 12.5. The lowest BCUT2D eigenvalue weighted by atomic mass is 10.1. The average molecular weight is 293 g/mol. The molecule has 3 aromatic rings. The molecule has 3 nitrogen and oxygen atoms in total. The van der Waals surface area contributed by atoms with Gasteiger partial charge < -0.3 is 9.30 Å². The van der Waals surface area contributed by atoms with E-state index in [2.05, 4.69) is 19.1 Å². The highest BCUT2D eigenvalue weighted by molar-refractivity contribution is 5.87. The summed E-state index contributed by atoms with van der Waals surface area (Å²) < 4.78 is 7.28. The lowest BCUT2D eigenvalue weighted by Crippen LogP contribution is -2.21. The van der Waals surface area contributed by atoms with E-state index in [1.807, 2.05) is 37.3 Å². The third-order valence-corrected chi connectivity index (χ3v) is 4.11. The van der Waals surface area contributed by atoms with Crippen molar-refractivity contribution in [2.75, 3.05) is 7.11 Å². The van der Waals surface area contributed by atoms with Crippen LogP contribution in [0.15, 0.2) is 53.3 Å². The van der Waals surface area contributed by atoms with E-state index in [1.54, 1.807) is 17.7 Å². The maximum Gasteiger partial charge on any atom is 0.251 e. The van der Waals surface area contributed by atoms with Crippen molar-refractivity contribution in [1.29, 1.82) is 0 Å². The number of para-hydroxylation sites is 1. The standard InChI is InChI=1S/C19H19NO2/c1-13-7-4-5-8-15(13)12-20-18(21)11-14(2)16-9-6-10-17(22-3)19(16)20/h4-11H,12H2,1-3H3. The first-order valence-corrected chi connectivity index (χ1v) is 7.33. The minimum atomic E-state index is -0.00208. The Morgan fingerprint density at radius 3 is 2.50 bits per heavy atom. The fraction of sp³-hybridized carbons (Fsp3) is 0.211. The summed E-state index contributed by atoms with van der Waals surface area (Å²) >= 11 is 0. The highest BCUT2D eigenvalue weighted by Crippen LogP contribution is 2.27. The number of aromatic nitrogens is 1. The van der Waals surface area contributed by atoms with Crippen molar-refractivity contribution >= 4 is 10.9 Å². The molecule has 0 atom stereocenters. The molecule has 0 saturated heterocycles. The zero-order chi connectivity index (χ0) is 15.7. The molecule has 2 aromatic carbocycles. The number of hydrogen-bond donors (Lipinski definition) is 0. The quantitative estimate of drug-likeness (QED) is 0.737. The van der Waals surface area contributed by atoms with Gasteiger partial charge in [-0.2, -0.15) is 0 Å². The summed E-state index contributed by atoms with van der Waals surface area (Å²) in [7, 11) is 1.64. The van der Waals surface area contributed by atoms with Crippen molar-refractivity contribution in [2.45, 2.75) is 20.4 Å². The Morgan fingerprint density at radius 1 is 1.00 bits per heavy atom. The number of benzene rings is 2. The molecule has 0 radical (unpaired) electrons. The molecule has 0 aliphatic rings. The van der Waals surface area contributed by atoms with Gasteiger partial charge in [-0.25, -0.2) is 0 Å². The fourth-order valence-corrected chi connectivity index (χ4v) is 2.85. The van der Waals surface area contributed by atoms with Crippen molar-refractivity contribution in [1.82, 2.24) is 4.57 Å². The molecule has 0 fully saturated rings. The molecule has 1 heterocycles. The molecule has 112 valence electrons. The predicted octanol–water partition coefficient (Wildman–Crippen LogP) is 3.68. The van der Waals surface area contributed by atoms with E-state index < -0.39 is 0 Å². The van der Waals surface area contributed by atoms with Crippen LogP contribution in [-0.4, -0.2) is 11.7 Å². The first-order chi connectivity index (χ1) is 10.6. The normalized spacial score (nSPS) is 10.9. The number of nitrogens with zero attached hydrogens (tertiary/aromatic N) is 1. The van der Waals surface area contributed by atoms with E-state index in [0.717, 1.165) is 27.8 Å². The zero-order valence-electron chi connectivity index (χ0n) is 13.1. The Hall–Kier alpha value is -2.55. The van der Waals surface area contributed by atoms with Gasteiger partial charge in [0.25, 0.3) is 5.56 Å². The Morgan fingerprint density at radius 2 is 1.77 bits per heavy atom. The fourth-order valence-electron chi connectivity index (χ4n) is 2.85. The molecule has 0 N–H and O–H groups in total. The molecular formula is C19H19NO2. The molecule has 1 aromatic heterocycles. The number of fused-ring (bicyclic) bond motifs is 1. The van der Waals surface area contributed by atoms with Crippen LogP contribution in [0.3, 0.4) is 0 Å². The molecule has 0 aliphatic carbocycles. The number of rotatable bonds is 3. The van der Waals surface area contributed by atoms with E-state index in [0.29, 0.717) is 6.54 Å². The lowest BCUT2D eigenvalue weighted by Gasteiger charge is -2.16. The second kappa shape index (κ2) is 5.68. The highest BCUT2D eigenvalue weighted by atomic mass is 16.5. The first-order valence-electron chi connectivity index (χ1n) is 7.33. The Balaban J connectivity index is 2.29. The highest BCUT2D eigenvalue weighted by Gasteiger charge is 2.12. The van der Waals surface area contributed by atoms with Crippen molar-refractivity contribution in [3.8, 4) is 5.75 Å². The molecule has 0 bridgehead atoms. The molecule has 0 saturated carbocycles. The van der Waals surface area contributed by atoms with E-state index in [9.17, 15) is 4.79 Å². The minimum absolute atomic E-state index is 0.00208. The topological polar surface area (TPSA) is 31.2 Å². The van der Waals surface area contributed by atoms with Crippen molar-refractivity contribution in [3.63, 3.8) is 0 Å². The molecule has 3 heteroatoms. The van der Waals surface area contributed by atoms with Crippen LogP contribution in [0.1, 0.15) is 16.7 Å². The molecular weight excluding hydrogens is 274 g/mol. The van der Waals surface area contributed by atoms with Gasteiger partial charge in [-0.15, -0.1) is 0 Å². The number of pyridine rings is 1. The van der Waals surface area contributed by atoms with Crippen LogP contribution in [0, 0.1) is 13.8 Å². The average Bonchev–Trinajstić information content (AvgIpc) is 2.52. The van der Waals surface area contributed by atoms with Gasteiger partial charge in [0.1, 0.15) is 5.75 Å². The summed E-state index contributed by atoms with van der Waals surface area (Å²) in [5.41, 5.74) is 4.15. The molecule has 0 amide bonds. The van der Waals surface area contributed by atoms with E-state index in [4.69, 9.17) is 4.74 Å². The SMILES string of the molecule is COc1cccc2c(C)cc(=O)n(Cc3ccccc3C)c12. The van der Waals surface area contributed by atoms with Gasteiger partial charge in [0.05, 0.1) is 19.2 Å². The summed E-state index contributed by atoms with van der Waals surface area (Å²) in [6.07, 6.45) is 0. The molecule has 22 heavy (non-hydrogen) atoms. The van der Waals surface area contributed by atoms with Gasteiger partial charge in [0, 0.05) is 11.5 Å². The summed E-state index contributed by atoms with van der Waals surface area (Å²) in [4.78, 5) is 12.5. The number of aryl methyl sites for hydroxylation is 2. The van der Waals surface area contributed by atoms with Gasteiger partial charge in [-0.3, -0.25) is 4.79 Å². The molecule has 3 rings (SSSR count). The van der Waals surface area contributed by atoms with Gasteiger partial charge in [-0.1, -0.05) is 36.4 Å². The number of methoxy groups -OCH3 is 1. The summed E-state index contributed by atoms with van der Waals surface area (Å²) in [6, 6.07) is 15.7. The van der Waals surface area contributed by atoms with Crippen LogP contribution in [0.4, 0.5) is 0 Å². The number of hydrogen-bond acceptors (Lipinski definition) is 2. The van der Waals surface area contributed by atoms with Crippen LogP contribution in [-0.2, 0) is 6.54 Å². The van der Waals surface area contributed by atoms with Crippen molar-refractivity contribution in [2.24, 2.45) is 0 Å². The van der Waals surface area contributed by atoms with Crippen LogP contribution >= 0.6 is 0 Å². The van der Waals surface area contributed by atoms with Crippen LogP contribution < -0.4 is 10.3 Å². The van der Waals surface area contributed by atoms with Gasteiger partial charge in [0.2, 0.25) is 0 Å². The van der Waals surface area contributed by atoms with E-state index in [1.165, 1.54) is 5.56 Å². The molecule has 0 spiro atoms.